The fourth-order valence-electron chi connectivity index (χ4n) is 2.79. The van der Waals surface area contributed by atoms with Gasteiger partial charge >= 0.3 is 0 Å². The molecule has 1 atom stereocenters. The van der Waals surface area contributed by atoms with E-state index >= 15 is 0 Å². The Morgan fingerprint density at radius 3 is 2.86 bits per heavy atom. The average molecular weight is 396 g/mol. The van der Waals surface area contributed by atoms with Gasteiger partial charge in [0.15, 0.2) is 5.84 Å². The minimum Gasteiger partial charge on any atom is -0.494 e. The molecule has 1 N–H and O–H groups in total. The highest BCUT2D eigenvalue weighted by molar-refractivity contribution is 7.99. The van der Waals surface area contributed by atoms with Crippen LogP contribution < -0.4 is 10.2 Å². The summed E-state index contributed by atoms with van der Waals surface area (Å²) in [6.45, 7) is 2.59. The van der Waals surface area contributed by atoms with E-state index in [1.165, 1.54) is 11.8 Å². The van der Waals surface area contributed by atoms with Crippen molar-refractivity contribution in [1.82, 2.24) is 25.7 Å². The Kier molecular flexibility index (Phi) is 5.54. The highest BCUT2D eigenvalue weighted by Gasteiger charge is 2.20. The van der Waals surface area contributed by atoms with Crippen LogP contribution in [-0.2, 0) is 4.84 Å². The number of hydrogen-bond donors (Lipinski definition) is 1. The molecule has 0 spiro atoms. The number of aromatic nitrogens is 4. The van der Waals surface area contributed by atoms with Crippen molar-refractivity contribution in [1.29, 1.82) is 0 Å². The molecule has 0 fully saturated rings. The molecule has 2 heterocycles. The molecule has 1 aliphatic heterocycles. The number of methoxy groups -OCH3 is 1. The van der Waals surface area contributed by atoms with E-state index in [2.05, 4.69) is 26.0 Å². The van der Waals surface area contributed by atoms with E-state index in [0.717, 1.165) is 22.6 Å². The Labute approximate surface area is 166 Å². The lowest BCUT2D eigenvalue weighted by atomic mass is 10.2. The summed E-state index contributed by atoms with van der Waals surface area (Å²) in [4.78, 5) is 10.3. The zero-order valence-corrected chi connectivity index (χ0v) is 16.4. The number of thioether (sulfide) groups is 1. The summed E-state index contributed by atoms with van der Waals surface area (Å²) in [6, 6.07) is 15.8. The number of hydroxylamine groups is 1. The monoisotopic (exact) mass is 396 g/mol. The van der Waals surface area contributed by atoms with Crippen LogP contribution in [0.3, 0.4) is 0 Å². The maximum Gasteiger partial charge on any atom is 0.214 e. The molecule has 28 heavy (non-hydrogen) atoms. The number of aliphatic imine (C=N–C) groups is 1. The van der Waals surface area contributed by atoms with Crippen molar-refractivity contribution in [3.8, 4) is 11.4 Å². The fourth-order valence-corrected chi connectivity index (χ4v) is 3.65. The largest absolute Gasteiger partial charge is 0.494 e. The van der Waals surface area contributed by atoms with Crippen LogP contribution in [0.2, 0.25) is 0 Å². The van der Waals surface area contributed by atoms with Crippen LogP contribution in [-0.4, -0.2) is 51.6 Å². The first kappa shape index (κ1) is 18.5. The summed E-state index contributed by atoms with van der Waals surface area (Å²) in [5.41, 5.74) is 5.86. The van der Waals surface area contributed by atoms with Gasteiger partial charge in [0, 0.05) is 11.3 Å². The summed E-state index contributed by atoms with van der Waals surface area (Å²) in [6.07, 6.45) is -0.0815. The highest BCUT2D eigenvalue weighted by Crippen LogP contribution is 2.27. The topological polar surface area (TPSA) is 86.5 Å². The predicted octanol–water partition coefficient (Wildman–Crippen LogP) is 2.42. The molecule has 3 aromatic rings. The summed E-state index contributed by atoms with van der Waals surface area (Å²) < 4.78 is 7.14. The van der Waals surface area contributed by atoms with E-state index in [0.29, 0.717) is 23.2 Å². The van der Waals surface area contributed by atoms with Gasteiger partial charge in [0.05, 0.1) is 13.7 Å². The number of nitrogens with one attached hydrogen (secondary N) is 1. The molecular formula is C19H20N6O2S. The van der Waals surface area contributed by atoms with Crippen LogP contribution in [0, 0.1) is 6.92 Å². The zero-order valence-electron chi connectivity index (χ0n) is 15.6. The number of tetrazole rings is 1. The summed E-state index contributed by atoms with van der Waals surface area (Å²) in [7, 11) is 1.63. The van der Waals surface area contributed by atoms with E-state index < -0.39 is 0 Å². The van der Waals surface area contributed by atoms with Crippen LogP contribution >= 0.6 is 11.8 Å². The molecule has 8 nitrogen and oxygen atoms in total. The molecule has 0 bridgehead atoms. The smallest absolute Gasteiger partial charge is 0.214 e. The van der Waals surface area contributed by atoms with E-state index in [9.17, 15) is 0 Å². The Morgan fingerprint density at radius 2 is 2.11 bits per heavy atom. The molecule has 0 saturated heterocycles. The number of rotatable bonds is 6. The molecular weight excluding hydrogens is 376 g/mol. The number of hydrogen-bond acceptors (Lipinski definition) is 8. The van der Waals surface area contributed by atoms with Crippen LogP contribution in [0.4, 0.5) is 0 Å². The van der Waals surface area contributed by atoms with Crippen molar-refractivity contribution in [2.45, 2.75) is 18.2 Å². The molecule has 0 radical (unpaired) electrons. The standard InChI is InChI=1S/C19H20N6O2S/c1-13-8-9-17(26-2)16(10-13)25-19(21-23-24-25)28-12-15-11-20-18(22-27-15)14-6-4-3-5-7-14/h3-10,15H,11-12H2,1-2H3,(H,20,22)/t15-/m0/s1. The van der Waals surface area contributed by atoms with E-state index in [1.807, 2.05) is 55.5 Å². The zero-order chi connectivity index (χ0) is 19.3. The van der Waals surface area contributed by atoms with Gasteiger partial charge in [-0.2, -0.15) is 4.68 Å². The maximum atomic E-state index is 5.75. The van der Waals surface area contributed by atoms with Gasteiger partial charge in [-0.1, -0.05) is 48.2 Å². The summed E-state index contributed by atoms with van der Waals surface area (Å²) in [5, 5.41) is 12.8. The van der Waals surface area contributed by atoms with Crippen molar-refractivity contribution >= 4 is 17.6 Å². The Balaban J connectivity index is 1.43. The number of aryl methyl sites for hydroxylation is 1. The van der Waals surface area contributed by atoms with Gasteiger partial charge in [0.2, 0.25) is 5.16 Å². The first-order chi connectivity index (χ1) is 13.7. The number of nitrogens with zero attached hydrogens (tertiary/aromatic N) is 5. The molecule has 9 heteroatoms. The van der Waals surface area contributed by atoms with Gasteiger partial charge in [-0.25, -0.2) is 5.48 Å². The lowest BCUT2D eigenvalue weighted by Gasteiger charge is -2.22. The average Bonchev–Trinajstić information content (AvgIpc) is 3.22. The van der Waals surface area contributed by atoms with Crippen molar-refractivity contribution < 1.29 is 9.57 Å². The van der Waals surface area contributed by atoms with Crippen molar-refractivity contribution in [3.05, 3.63) is 59.7 Å². The Bertz CT molecular complexity index is 976. The van der Waals surface area contributed by atoms with Crippen LogP contribution in [0.25, 0.3) is 5.69 Å². The van der Waals surface area contributed by atoms with Crippen molar-refractivity contribution in [3.63, 3.8) is 0 Å². The minimum atomic E-state index is -0.0815. The van der Waals surface area contributed by atoms with Gasteiger partial charge in [0.1, 0.15) is 17.5 Å². The van der Waals surface area contributed by atoms with Gasteiger partial charge in [-0.05, 0) is 35.0 Å². The van der Waals surface area contributed by atoms with Gasteiger partial charge < -0.3 is 4.74 Å². The molecule has 0 saturated carbocycles. The van der Waals surface area contributed by atoms with Crippen LogP contribution in [0.1, 0.15) is 11.1 Å². The second-order valence-corrected chi connectivity index (χ2v) is 7.24. The fraction of sp³-hybridized carbons (Fsp3) is 0.263. The second kappa shape index (κ2) is 8.41. The SMILES string of the molecule is COc1ccc(C)cc1-n1nnnc1SC[C@@H]1CN=C(c2ccccc2)NO1. The number of ether oxygens (including phenoxy) is 1. The molecule has 0 amide bonds. The van der Waals surface area contributed by atoms with Gasteiger partial charge in [-0.15, -0.1) is 5.10 Å². The van der Waals surface area contributed by atoms with E-state index in [4.69, 9.17) is 9.57 Å². The third-order valence-electron chi connectivity index (χ3n) is 4.22. The first-order valence-corrected chi connectivity index (χ1v) is 9.81. The quantitative estimate of drug-likeness (QED) is 0.640. The lowest BCUT2D eigenvalue weighted by molar-refractivity contribution is 0.0212. The molecule has 1 aliphatic rings. The van der Waals surface area contributed by atoms with E-state index in [-0.39, 0.29) is 6.10 Å². The van der Waals surface area contributed by atoms with Crippen molar-refractivity contribution in [2.24, 2.45) is 4.99 Å². The Hall–Kier alpha value is -2.91. The molecule has 0 aliphatic carbocycles. The Morgan fingerprint density at radius 1 is 1.25 bits per heavy atom. The lowest BCUT2D eigenvalue weighted by Crippen LogP contribution is -2.38. The van der Waals surface area contributed by atoms with Crippen LogP contribution in [0.5, 0.6) is 5.75 Å². The minimum absolute atomic E-state index is 0.0815. The maximum absolute atomic E-state index is 5.75. The second-order valence-electron chi connectivity index (χ2n) is 6.26. The number of amidine groups is 1. The molecule has 1 aromatic heterocycles. The molecule has 4 rings (SSSR count). The van der Waals surface area contributed by atoms with Gasteiger partial charge in [-0.3, -0.25) is 9.83 Å². The predicted molar refractivity (Wildman–Crippen MR) is 107 cm³/mol. The van der Waals surface area contributed by atoms with Crippen LogP contribution in [0.15, 0.2) is 58.7 Å². The van der Waals surface area contributed by atoms with E-state index in [1.54, 1.807) is 11.8 Å². The molecule has 0 unspecified atom stereocenters. The third kappa shape index (κ3) is 4.00. The molecule has 2 aromatic carbocycles. The number of benzene rings is 2. The molecule has 144 valence electrons. The summed E-state index contributed by atoms with van der Waals surface area (Å²) in [5.74, 6) is 2.12. The summed E-state index contributed by atoms with van der Waals surface area (Å²) >= 11 is 1.51. The highest BCUT2D eigenvalue weighted by atomic mass is 32.2. The normalized spacial score (nSPS) is 16.4. The van der Waals surface area contributed by atoms with Crippen molar-refractivity contribution in [2.75, 3.05) is 19.4 Å². The third-order valence-corrected chi connectivity index (χ3v) is 5.28. The first-order valence-electron chi connectivity index (χ1n) is 8.82. The van der Waals surface area contributed by atoms with Gasteiger partial charge in [0.25, 0.3) is 0 Å².